The van der Waals surface area contributed by atoms with Crippen molar-refractivity contribution in [3.05, 3.63) is 71.8 Å². The summed E-state index contributed by atoms with van der Waals surface area (Å²) in [5.74, 6) is -0.300. The molecule has 0 aliphatic carbocycles. The molecule has 0 aliphatic heterocycles. The van der Waals surface area contributed by atoms with Crippen molar-refractivity contribution >= 4 is 12.0 Å². The zero-order chi connectivity index (χ0) is 21.3. The minimum absolute atomic E-state index is 0.300. The Morgan fingerprint density at radius 3 is 2.07 bits per heavy atom. The van der Waals surface area contributed by atoms with Crippen LogP contribution in [0.4, 0.5) is 4.79 Å². The van der Waals surface area contributed by atoms with E-state index in [1.54, 1.807) is 27.9 Å². The van der Waals surface area contributed by atoms with E-state index < -0.39 is 17.7 Å². The van der Waals surface area contributed by atoms with Crippen LogP contribution >= 0.6 is 0 Å². The molecule has 6 nitrogen and oxygen atoms in total. The Hall–Kier alpha value is -2.86. The molecule has 29 heavy (non-hydrogen) atoms. The molecular formula is C23H30N2O4. The third-order valence-corrected chi connectivity index (χ3v) is 4.14. The predicted molar refractivity (Wildman–Crippen MR) is 113 cm³/mol. The first-order valence-electron chi connectivity index (χ1n) is 9.66. The molecule has 0 aliphatic rings. The van der Waals surface area contributed by atoms with E-state index in [1.807, 2.05) is 60.7 Å². The van der Waals surface area contributed by atoms with Gasteiger partial charge in [-0.05, 0) is 31.9 Å². The molecule has 0 bridgehead atoms. The number of carbonyl (C=O) groups excluding carboxylic acids is 2. The maximum atomic E-state index is 13.1. The summed E-state index contributed by atoms with van der Waals surface area (Å²) in [7, 11) is 1.59. The fourth-order valence-electron chi connectivity index (χ4n) is 2.85. The number of amides is 2. The van der Waals surface area contributed by atoms with Crippen molar-refractivity contribution in [1.29, 1.82) is 0 Å². The van der Waals surface area contributed by atoms with E-state index in [9.17, 15) is 9.59 Å². The second-order valence-electron chi connectivity index (χ2n) is 7.82. The summed E-state index contributed by atoms with van der Waals surface area (Å²) in [6, 6.07) is 18.0. The smallest absolute Gasteiger partial charge is 0.408 e. The van der Waals surface area contributed by atoms with E-state index in [0.717, 1.165) is 11.1 Å². The first kappa shape index (κ1) is 22.4. The molecule has 0 saturated carbocycles. The summed E-state index contributed by atoms with van der Waals surface area (Å²) in [4.78, 5) is 25.4. The summed E-state index contributed by atoms with van der Waals surface area (Å²) in [6.45, 7) is 5.66. The highest BCUT2D eigenvalue weighted by Gasteiger charge is 2.26. The minimum Gasteiger partial charge on any atom is -0.444 e. The number of hydrogen-bond acceptors (Lipinski definition) is 4. The van der Waals surface area contributed by atoms with E-state index in [1.165, 1.54) is 0 Å². The quantitative estimate of drug-likeness (QED) is 0.712. The van der Waals surface area contributed by atoms with Crippen LogP contribution in [0, 0.1) is 0 Å². The Bertz CT molecular complexity index is 772. The SMILES string of the molecule is COCC(NC(=O)C(Cc1ccccc1)NC(=O)OC(C)(C)C)c1ccccc1. The van der Waals surface area contributed by atoms with E-state index in [0.29, 0.717) is 13.0 Å². The van der Waals surface area contributed by atoms with Crippen molar-refractivity contribution in [3.8, 4) is 0 Å². The first-order chi connectivity index (χ1) is 13.8. The molecule has 2 N–H and O–H groups in total. The van der Waals surface area contributed by atoms with Crippen molar-refractivity contribution in [3.63, 3.8) is 0 Å². The van der Waals surface area contributed by atoms with Crippen molar-refractivity contribution in [2.75, 3.05) is 13.7 Å². The van der Waals surface area contributed by atoms with Gasteiger partial charge in [-0.1, -0.05) is 60.7 Å². The van der Waals surface area contributed by atoms with Gasteiger partial charge in [-0.3, -0.25) is 4.79 Å². The van der Waals surface area contributed by atoms with Crippen molar-refractivity contribution in [2.45, 2.75) is 44.9 Å². The molecule has 0 radical (unpaired) electrons. The number of carbonyl (C=O) groups is 2. The van der Waals surface area contributed by atoms with Gasteiger partial charge in [0.25, 0.3) is 0 Å². The number of nitrogens with one attached hydrogen (secondary N) is 2. The molecule has 6 heteroatoms. The molecule has 2 aromatic rings. The van der Waals surface area contributed by atoms with E-state index in [-0.39, 0.29) is 11.9 Å². The molecule has 2 rings (SSSR count). The molecule has 0 spiro atoms. The lowest BCUT2D eigenvalue weighted by molar-refractivity contribution is -0.124. The summed E-state index contributed by atoms with van der Waals surface area (Å²) in [5, 5.41) is 5.70. The molecule has 2 aromatic carbocycles. The fraction of sp³-hybridized carbons (Fsp3) is 0.391. The van der Waals surface area contributed by atoms with Crippen LogP contribution in [0.1, 0.15) is 37.9 Å². The molecule has 2 amide bonds. The van der Waals surface area contributed by atoms with Crippen LogP contribution in [0.5, 0.6) is 0 Å². The van der Waals surface area contributed by atoms with Gasteiger partial charge in [0.15, 0.2) is 0 Å². The first-order valence-corrected chi connectivity index (χ1v) is 9.66. The van der Waals surface area contributed by atoms with Crippen LogP contribution in [0.2, 0.25) is 0 Å². The van der Waals surface area contributed by atoms with Gasteiger partial charge >= 0.3 is 6.09 Å². The van der Waals surface area contributed by atoms with Crippen LogP contribution in [-0.2, 0) is 20.7 Å². The van der Waals surface area contributed by atoms with Gasteiger partial charge in [0.1, 0.15) is 11.6 Å². The van der Waals surface area contributed by atoms with Crippen LogP contribution < -0.4 is 10.6 Å². The minimum atomic E-state index is -0.782. The Labute approximate surface area is 172 Å². The molecule has 0 fully saturated rings. The summed E-state index contributed by atoms with van der Waals surface area (Å²) < 4.78 is 10.6. The van der Waals surface area contributed by atoms with E-state index in [2.05, 4.69) is 10.6 Å². The number of alkyl carbamates (subject to hydrolysis) is 1. The number of rotatable bonds is 8. The van der Waals surface area contributed by atoms with Crippen LogP contribution in [0.15, 0.2) is 60.7 Å². The average molecular weight is 399 g/mol. The van der Waals surface area contributed by atoms with Gasteiger partial charge in [0.05, 0.1) is 12.6 Å². The average Bonchev–Trinajstić information content (AvgIpc) is 2.67. The molecule has 2 atom stereocenters. The maximum Gasteiger partial charge on any atom is 0.408 e. The Morgan fingerprint density at radius 2 is 1.52 bits per heavy atom. The molecule has 2 unspecified atom stereocenters. The van der Waals surface area contributed by atoms with E-state index in [4.69, 9.17) is 9.47 Å². The fourth-order valence-corrected chi connectivity index (χ4v) is 2.85. The monoisotopic (exact) mass is 398 g/mol. The standard InChI is InChI=1S/C23H30N2O4/c1-23(2,3)29-22(27)25-19(15-17-11-7-5-8-12-17)21(26)24-20(16-28-4)18-13-9-6-10-14-18/h5-14,19-20H,15-16H2,1-4H3,(H,24,26)(H,25,27). The topological polar surface area (TPSA) is 76.7 Å². The Balaban J connectivity index is 2.16. The molecule has 0 aromatic heterocycles. The zero-order valence-electron chi connectivity index (χ0n) is 17.5. The third kappa shape index (κ3) is 7.95. The molecule has 156 valence electrons. The predicted octanol–water partition coefficient (Wildman–Crippen LogP) is 3.63. The lowest BCUT2D eigenvalue weighted by Crippen LogP contribution is -2.50. The van der Waals surface area contributed by atoms with Gasteiger partial charge in [-0.15, -0.1) is 0 Å². The Morgan fingerprint density at radius 1 is 0.931 bits per heavy atom. The van der Waals surface area contributed by atoms with Gasteiger partial charge < -0.3 is 20.1 Å². The zero-order valence-corrected chi connectivity index (χ0v) is 17.5. The van der Waals surface area contributed by atoms with Gasteiger partial charge in [-0.2, -0.15) is 0 Å². The highest BCUT2D eigenvalue weighted by molar-refractivity contribution is 5.86. The third-order valence-electron chi connectivity index (χ3n) is 4.14. The van der Waals surface area contributed by atoms with Crippen LogP contribution in [0.3, 0.4) is 0 Å². The Kier molecular flexibility index (Phi) is 8.21. The molecule has 0 heterocycles. The number of hydrogen-bond donors (Lipinski definition) is 2. The van der Waals surface area contributed by atoms with Crippen LogP contribution in [0.25, 0.3) is 0 Å². The number of methoxy groups -OCH3 is 1. The van der Waals surface area contributed by atoms with Gasteiger partial charge in [0.2, 0.25) is 5.91 Å². The summed E-state index contributed by atoms with van der Waals surface area (Å²) >= 11 is 0. The van der Waals surface area contributed by atoms with Gasteiger partial charge in [0, 0.05) is 13.5 Å². The lowest BCUT2D eigenvalue weighted by atomic mass is 10.0. The number of ether oxygens (including phenoxy) is 2. The summed E-state index contributed by atoms with van der Waals surface area (Å²) in [6.07, 6.45) is -0.281. The molecule has 0 saturated heterocycles. The van der Waals surface area contributed by atoms with E-state index >= 15 is 0 Å². The van der Waals surface area contributed by atoms with Gasteiger partial charge in [-0.25, -0.2) is 4.79 Å². The van der Waals surface area contributed by atoms with Crippen molar-refractivity contribution in [1.82, 2.24) is 10.6 Å². The van der Waals surface area contributed by atoms with Crippen molar-refractivity contribution < 1.29 is 19.1 Å². The normalized spacial score (nSPS) is 13.2. The largest absolute Gasteiger partial charge is 0.444 e. The highest BCUT2D eigenvalue weighted by Crippen LogP contribution is 2.14. The highest BCUT2D eigenvalue weighted by atomic mass is 16.6. The molecular weight excluding hydrogens is 368 g/mol. The van der Waals surface area contributed by atoms with Crippen LogP contribution in [-0.4, -0.2) is 37.4 Å². The second-order valence-corrected chi connectivity index (χ2v) is 7.82. The maximum absolute atomic E-state index is 13.1. The summed E-state index contributed by atoms with van der Waals surface area (Å²) in [5.41, 5.74) is 1.21. The second kappa shape index (κ2) is 10.6. The lowest BCUT2D eigenvalue weighted by Gasteiger charge is -2.25. The van der Waals surface area contributed by atoms with Crippen molar-refractivity contribution in [2.24, 2.45) is 0 Å². The number of benzene rings is 2.